The summed E-state index contributed by atoms with van der Waals surface area (Å²) in [5.74, 6) is -7.41. The number of hydrogen-bond acceptors (Lipinski definition) is 1. The number of carbonyl (C=O) groups excluding carboxylic acids is 1. The highest BCUT2D eigenvalue weighted by molar-refractivity contribution is 14.1. The first kappa shape index (κ1) is 16.2. The Bertz CT molecular complexity index is 712. The molecule has 1 amide bonds. The van der Waals surface area contributed by atoms with Gasteiger partial charge in [-0.3, -0.25) is 4.79 Å². The summed E-state index contributed by atoms with van der Waals surface area (Å²) in [5.41, 5.74) is -1.09. The van der Waals surface area contributed by atoms with Crippen LogP contribution in [0.3, 0.4) is 0 Å². The maximum atomic E-state index is 13.5. The van der Waals surface area contributed by atoms with E-state index in [0.29, 0.717) is 8.04 Å². The molecule has 0 unspecified atom stereocenters. The van der Waals surface area contributed by atoms with E-state index in [4.69, 9.17) is 0 Å². The van der Waals surface area contributed by atoms with Crippen molar-refractivity contribution in [3.05, 3.63) is 61.1 Å². The average Bonchev–Trinajstić information content (AvgIpc) is 2.43. The maximum absolute atomic E-state index is 13.5. The molecule has 8 heteroatoms. The zero-order valence-corrected chi connectivity index (χ0v) is 13.7. The third kappa shape index (κ3) is 3.37. The van der Waals surface area contributed by atoms with E-state index in [9.17, 15) is 22.4 Å². The van der Waals surface area contributed by atoms with Crippen molar-refractivity contribution in [2.75, 3.05) is 5.32 Å². The number of rotatable bonds is 2. The maximum Gasteiger partial charge on any atom is 0.257 e. The van der Waals surface area contributed by atoms with Crippen LogP contribution in [0.1, 0.15) is 10.4 Å². The summed E-state index contributed by atoms with van der Waals surface area (Å²) in [7, 11) is 0. The van der Waals surface area contributed by atoms with E-state index in [2.05, 4.69) is 15.9 Å². The van der Waals surface area contributed by atoms with E-state index in [0.717, 1.165) is 0 Å². The fraction of sp³-hybridized carbons (Fsp3) is 0. The largest absolute Gasteiger partial charge is 0.317 e. The fourth-order valence-electron chi connectivity index (χ4n) is 1.54. The van der Waals surface area contributed by atoms with Crippen molar-refractivity contribution in [1.29, 1.82) is 0 Å². The van der Waals surface area contributed by atoms with Crippen LogP contribution in [-0.2, 0) is 0 Å². The molecule has 2 aromatic rings. The van der Waals surface area contributed by atoms with Crippen molar-refractivity contribution >= 4 is 50.1 Å². The molecule has 0 fully saturated rings. The number of hydrogen-bond donors (Lipinski definition) is 1. The van der Waals surface area contributed by atoms with Crippen LogP contribution in [-0.4, -0.2) is 5.91 Å². The first-order valence-corrected chi connectivity index (χ1v) is 7.28. The molecule has 0 spiro atoms. The number of amides is 1. The van der Waals surface area contributed by atoms with E-state index in [1.54, 1.807) is 12.1 Å². The zero-order valence-electron chi connectivity index (χ0n) is 9.99. The molecule has 0 heterocycles. The highest BCUT2D eigenvalue weighted by atomic mass is 127. The van der Waals surface area contributed by atoms with E-state index in [-0.39, 0.29) is 11.6 Å². The lowest BCUT2D eigenvalue weighted by molar-refractivity contribution is 0.102. The van der Waals surface area contributed by atoms with Gasteiger partial charge in [0.15, 0.2) is 23.3 Å². The van der Waals surface area contributed by atoms with Crippen LogP contribution in [0.5, 0.6) is 0 Å². The number of carbonyl (C=O) groups is 1. The molecule has 0 bridgehead atoms. The van der Waals surface area contributed by atoms with Crippen molar-refractivity contribution in [1.82, 2.24) is 0 Å². The molecule has 110 valence electrons. The molecule has 1 N–H and O–H groups in total. The Labute approximate surface area is 138 Å². The Kier molecular flexibility index (Phi) is 4.87. The Morgan fingerprint density at radius 2 is 1.62 bits per heavy atom. The van der Waals surface area contributed by atoms with E-state index >= 15 is 0 Å². The van der Waals surface area contributed by atoms with Crippen molar-refractivity contribution < 1.29 is 22.4 Å². The van der Waals surface area contributed by atoms with Crippen molar-refractivity contribution in [3.63, 3.8) is 0 Å². The summed E-state index contributed by atoms with van der Waals surface area (Å²) in [6, 6.07) is 4.78. The number of benzene rings is 2. The summed E-state index contributed by atoms with van der Waals surface area (Å²) in [6.07, 6.45) is 0. The van der Waals surface area contributed by atoms with Crippen LogP contribution in [0, 0.1) is 26.8 Å². The minimum atomic E-state index is -1.66. The molecule has 0 atom stereocenters. The molecule has 0 aliphatic heterocycles. The summed E-state index contributed by atoms with van der Waals surface area (Å²) >= 11 is 5.05. The van der Waals surface area contributed by atoms with Gasteiger partial charge in [0, 0.05) is 14.1 Å². The lowest BCUT2D eigenvalue weighted by Crippen LogP contribution is -2.16. The molecule has 0 saturated heterocycles. The second-order valence-corrected chi connectivity index (χ2v) is 6.02. The van der Waals surface area contributed by atoms with Gasteiger partial charge in [-0.15, -0.1) is 0 Å². The monoisotopic (exact) mass is 473 g/mol. The summed E-state index contributed by atoms with van der Waals surface area (Å²) < 4.78 is 54.2. The van der Waals surface area contributed by atoms with Crippen LogP contribution in [0.15, 0.2) is 28.7 Å². The van der Waals surface area contributed by atoms with Gasteiger partial charge in [0.2, 0.25) is 0 Å². The van der Waals surface area contributed by atoms with Crippen LogP contribution < -0.4 is 5.32 Å². The molecule has 0 aliphatic carbocycles. The van der Waals surface area contributed by atoms with E-state index < -0.39 is 34.9 Å². The lowest BCUT2D eigenvalue weighted by atomic mass is 10.2. The Morgan fingerprint density at radius 1 is 1.05 bits per heavy atom. The Hall–Kier alpha value is -1.16. The van der Waals surface area contributed by atoms with Gasteiger partial charge in [0.05, 0.1) is 5.56 Å². The number of halogens is 6. The number of anilines is 1. The van der Waals surface area contributed by atoms with Crippen LogP contribution in [0.2, 0.25) is 0 Å². The summed E-state index contributed by atoms with van der Waals surface area (Å²) in [6.45, 7) is 0. The third-order valence-electron chi connectivity index (χ3n) is 2.52. The van der Waals surface area contributed by atoms with Crippen LogP contribution >= 0.6 is 38.5 Å². The molecule has 0 aliphatic rings. The molecule has 21 heavy (non-hydrogen) atoms. The van der Waals surface area contributed by atoms with Gasteiger partial charge in [-0.1, -0.05) is 0 Å². The minimum Gasteiger partial charge on any atom is -0.317 e. The zero-order chi connectivity index (χ0) is 15.7. The predicted octanol–water partition coefficient (Wildman–Crippen LogP) is 4.86. The highest BCUT2D eigenvalue weighted by Crippen LogP contribution is 2.26. The van der Waals surface area contributed by atoms with Crippen molar-refractivity contribution in [2.24, 2.45) is 0 Å². The van der Waals surface area contributed by atoms with E-state index in [1.807, 2.05) is 27.9 Å². The normalized spacial score (nSPS) is 10.6. The minimum absolute atomic E-state index is 0.0711. The fourth-order valence-corrected chi connectivity index (χ4v) is 2.45. The van der Waals surface area contributed by atoms with Crippen LogP contribution in [0.4, 0.5) is 23.2 Å². The van der Waals surface area contributed by atoms with Crippen molar-refractivity contribution in [3.8, 4) is 0 Å². The second kappa shape index (κ2) is 6.30. The van der Waals surface area contributed by atoms with Gasteiger partial charge in [0.1, 0.15) is 5.69 Å². The van der Waals surface area contributed by atoms with E-state index in [1.165, 1.54) is 6.07 Å². The smallest absolute Gasteiger partial charge is 0.257 e. The topological polar surface area (TPSA) is 29.1 Å². The molecule has 2 nitrogen and oxygen atoms in total. The molecule has 2 aromatic carbocycles. The Morgan fingerprint density at radius 3 is 2.19 bits per heavy atom. The molecule has 0 aromatic heterocycles. The SMILES string of the molecule is O=C(Nc1c(F)c(F)cc(F)c1F)c1cc(I)ccc1Br. The molecular weight excluding hydrogens is 469 g/mol. The second-order valence-electron chi connectivity index (χ2n) is 3.92. The average molecular weight is 474 g/mol. The first-order valence-electron chi connectivity index (χ1n) is 5.40. The van der Waals surface area contributed by atoms with Gasteiger partial charge < -0.3 is 5.32 Å². The van der Waals surface area contributed by atoms with Gasteiger partial charge in [-0.05, 0) is 56.7 Å². The first-order chi connectivity index (χ1) is 9.81. The third-order valence-corrected chi connectivity index (χ3v) is 3.89. The molecule has 0 saturated carbocycles. The quantitative estimate of drug-likeness (QED) is 0.376. The molecule has 0 radical (unpaired) electrons. The highest BCUT2D eigenvalue weighted by Gasteiger charge is 2.22. The summed E-state index contributed by atoms with van der Waals surface area (Å²) in [4.78, 5) is 12.0. The van der Waals surface area contributed by atoms with Crippen molar-refractivity contribution in [2.45, 2.75) is 0 Å². The number of nitrogens with one attached hydrogen (secondary N) is 1. The Balaban J connectivity index is 2.43. The predicted molar refractivity (Wildman–Crippen MR) is 81.1 cm³/mol. The lowest BCUT2D eigenvalue weighted by Gasteiger charge is -2.10. The standard InChI is InChI=1S/C13H5BrF4INO/c14-7-2-1-5(19)3-6(7)13(21)20-12-10(17)8(15)4-9(16)11(12)18/h1-4H,(H,20,21). The van der Waals surface area contributed by atoms with Crippen LogP contribution in [0.25, 0.3) is 0 Å². The van der Waals surface area contributed by atoms with Gasteiger partial charge >= 0.3 is 0 Å². The molecule has 2 rings (SSSR count). The van der Waals surface area contributed by atoms with Gasteiger partial charge in [-0.25, -0.2) is 17.6 Å². The van der Waals surface area contributed by atoms with Gasteiger partial charge in [-0.2, -0.15) is 0 Å². The summed E-state index contributed by atoms with van der Waals surface area (Å²) in [5, 5.41) is 1.84. The molecular formula is C13H5BrF4INO. The van der Waals surface area contributed by atoms with Gasteiger partial charge in [0.25, 0.3) is 5.91 Å².